The normalized spacial score (nSPS) is 10.6. The molecule has 0 unspecified atom stereocenters. The van der Waals surface area contributed by atoms with Crippen LogP contribution in [0.3, 0.4) is 0 Å². The maximum atomic E-state index is 12.7. The molecule has 2 aromatic heterocycles. The minimum Gasteiger partial charge on any atom is -0.495 e. The molecule has 8 heteroatoms. The molecule has 0 aliphatic rings. The molecule has 0 atom stereocenters. The van der Waals surface area contributed by atoms with Gasteiger partial charge in [0.25, 0.3) is 5.56 Å². The molecular weight excluding hydrogens is 380 g/mol. The molecule has 7 nitrogen and oxygen atoms in total. The van der Waals surface area contributed by atoms with E-state index in [2.05, 4.69) is 15.3 Å². The van der Waals surface area contributed by atoms with Crippen LogP contribution in [-0.4, -0.2) is 27.6 Å². The highest BCUT2D eigenvalue weighted by Gasteiger charge is 2.15. The zero-order valence-corrected chi connectivity index (χ0v) is 16.4. The molecule has 0 radical (unpaired) electrons. The van der Waals surface area contributed by atoms with Gasteiger partial charge >= 0.3 is 0 Å². The topological polar surface area (TPSA) is 86.1 Å². The molecule has 0 saturated carbocycles. The number of ether oxygens (including phenoxy) is 1. The Morgan fingerprint density at radius 2 is 1.93 bits per heavy atom. The first-order chi connectivity index (χ1) is 13.4. The maximum absolute atomic E-state index is 12.7. The monoisotopic (exact) mass is 398 g/mol. The highest BCUT2D eigenvalue weighted by atomic mass is 35.5. The van der Waals surface area contributed by atoms with Gasteiger partial charge in [-0.3, -0.25) is 19.1 Å². The molecule has 1 N–H and O–H groups in total. The number of pyridine rings is 1. The van der Waals surface area contributed by atoms with Crippen LogP contribution in [-0.2, 0) is 11.3 Å². The van der Waals surface area contributed by atoms with E-state index in [-0.39, 0.29) is 18.0 Å². The first-order valence-electron chi connectivity index (χ1n) is 8.52. The van der Waals surface area contributed by atoms with Gasteiger partial charge in [-0.15, -0.1) is 0 Å². The van der Waals surface area contributed by atoms with E-state index < -0.39 is 0 Å². The number of halogens is 1. The summed E-state index contributed by atoms with van der Waals surface area (Å²) in [6.45, 7) is 3.36. The van der Waals surface area contributed by atoms with Crippen molar-refractivity contribution in [3.05, 3.63) is 69.4 Å². The SMILES string of the molecule is COc1cc(Cl)c(C)cc1NC(=O)Cn1c(-c2ccncc2)nc(C)cc1=O. The van der Waals surface area contributed by atoms with Crippen LogP contribution in [0.5, 0.6) is 5.75 Å². The Morgan fingerprint density at radius 1 is 1.21 bits per heavy atom. The number of rotatable bonds is 5. The van der Waals surface area contributed by atoms with Crippen LogP contribution in [0.2, 0.25) is 5.02 Å². The predicted octanol–water partition coefficient (Wildman–Crippen LogP) is 3.22. The first kappa shape index (κ1) is 19.6. The lowest BCUT2D eigenvalue weighted by molar-refractivity contribution is -0.116. The Morgan fingerprint density at radius 3 is 2.61 bits per heavy atom. The van der Waals surface area contributed by atoms with Crippen molar-refractivity contribution in [3.8, 4) is 17.1 Å². The summed E-state index contributed by atoms with van der Waals surface area (Å²) >= 11 is 6.10. The average Bonchev–Trinajstić information content (AvgIpc) is 2.67. The highest BCUT2D eigenvalue weighted by molar-refractivity contribution is 6.31. The van der Waals surface area contributed by atoms with Crippen LogP contribution in [0.25, 0.3) is 11.4 Å². The van der Waals surface area contributed by atoms with Crippen molar-refractivity contribution in [2.24, 2.45) is 0 Å². The number of methoxy groups -OCH3 is 1. The van der Waals surface area contributed by atoms with Gasteiger partial charge in [-0.25, -0.2) is 4.98 Å². The molecule has 0 fully saturated rings. The summed E-state index contributed by atoms with van der Waals surface area (Å²) in [5.41, 5.74) is 2.23. The second-order valence-electron chi connectivity index (χ2n) is 6.23. The molecule has 1 amide bonds. The molecule has 1 aromatic carbocycles. The van der Waals surface area contributed by atoms with Gasteiger partial charge < -0.3 is 10.1 Å². The lowest BCUT2D eigenvalue weighted by atomic mass is 10.2. The van der Waals surface area contributed by atoms with Crippen LogP contribution in [0.15, 0.2) is 47.5 Å². The van der Waals surface area contributed by atoms with Crippen LogP contribution >= 0.6 is 11.6 Å². The Hall–Kier alpha value is -3.19. The van der Waals surface area contributed by atoms with Crippen LogP contribution < -0.4 is 15.6 Å². The second-order valence-corrected chi connectivity index (χ2v) is 6.64. The zero-order valence-electron chi connectivity index (χ0n) is 15.7. The molecule has 144 valence electrons. The molecule has 0 saturated heterocycles. The quantitative estimate of drug-likeness (QED) is 0.713. The number of aryl methyl sites for hydroxylation is 2. The molecule has 0 spiro atoms. The number of nitrogens with one attached hydrogen (secondary N) is 1. The smallest absolute Gasteiger partial charge is 0.254 e. The van der Waals surface area contributed by atoms with Gasteiger partial charge in [0.05, 0.1) is 12.8 Å². The number of benzene rings is 1. The molecule has 0 aliphatic heterocycles. The molecule has 28 heavy (non-hydrogen) atoms. The largest absolute Gasteiger partial charge is 0.495 e. The van der Waals surface area contributed by atoms with Crippen molar-refractivity contribution < 1.29 is 9.53 Å². The fourth-order valence-electron chi connectivity index (χ4n) is 2.76. The van der Waals surface area contributed by atoms with E-state index in [0.29, 0.717) is 33.5 Å². The number of amides is 1. The molecule has 0 aliphatic carbocycles. The summed E-state index contributed by atoms with van der Waals surface area (Å²) in [5, 5.41) is 3.31. The van der Waals surface area contributed by atoms with Gasteiger partial charge in [0, 0.05) is 40.8 Å². The number of hydrogen-bond donors (Lipinski definition) is 1. The van der Waals surface area contributed by atoms with Gasteiger partial charge in [0.2, 0.25) is 5.91 Å². The van der Waals surface area contributed by atoms with Gasteiger partial charge in [-0.1, -0.05) is 11.6 Å². The molecular formula is C20H19ClN4O3. The van der Waals surface area contributed by atoms with Crippen LogP contribution in [0.1, 0.15) is 11.3 Å². The Kier molecular flexibility index (Phi) is 5.75. The lowest BCUT2D eigenvalue weighted by Gasteiger charge is -2.15. The molecule has 0 bridgehead atoms. The van der Waals surface area contributed by atoms with Crippen LogP contribution in [0, 0.1) is 13.8 Å². The van der Waals surface area contributed by atoms with E-state index in [1.54, 1.807) is 43.6 Å². The average molecular weight is 399 g/mol. The first-order valence-corrected chi connectivity index (χ1v) is 8.89. The predicted molar refractivity (Wildman–Crippen MR) is 108 cm³/mol. The summed E-state index contributed by atoms with van der Waals surface area (Å²) in [5.74, 6) is 0.456. The van der Waals surface area contributed by atoms with E-state index in [1.165, 1.54) is 17.7 Å². The summed E-state index contributed by atoms with van der Waals surface area (Å²) in [4.78, 5) is 33.6. The number of aromatic nitrogens is 3. The van der Waals surface area contributed by atoms with Gasteiger partial charge in [0.1, 0.15) is 18.1 Å². The number of hydrogen-bond acceptors (Lipinski definition) is 5. The van der Waals surface area contributed by atoms with Crippen molar-refractivity contribution in [1.82, 2.24) is 14.5 Å². The third-order valence-electron chi connectivity index (χ3n) is 4.13. The van der Waals surface area contributed by atoms with Crippen molar-refractivity contribution in [3.63, 3.8) is 0 Å². The van der Waals surface area contributed by atoms with Crippen LogP contribution in [0.4, 0.5) is 5.69 Å². The third kappa shape index (κ3) is 4.20. The molecule has 3 rings (SSSR count). The number of carbonyl (C=O) groups is 1. The second kappa shape index (κ2) is 8.22. The zero-order chi connectivity index (χ0) is 20.3. The van der Waals surface area contributed by atoms with E-state index >= 15 is 0 Å². The van der Waals surface area contributed by atoms with Crippen molar-refractivity contribution in [2.75, 3.05) is 12.4 Å². The Bertz CT molecular complexity index is 1080. The van der Waals surface area contributed by atoms with Crippen molar-refractivity contribution in [2.45, 2.75) is 20.4 Å². The fraction of sp³-hybridized carbons (Fsp3) is 0.200. The van der Waals surface area contributed by atoms with E-state index in [9.17, 15) is 9.59 Å². The lowest BCUT2D eigenvalue weighted by Crippen LogP contribution is -2.29. The van der Waals surface area contributed by atoms with Gasteiger partial charge in [0.15, 0.2) is 0 Å². The summed E-state index contributed by atoms with van der Waals surface area (Å²) in [6, 6.07) is 8.22. The molecule has 2 heterocycles. The van der Waals surface area contributed by atoms with Gasteiger partial charge in [-0.2, -0.15) is 0 Å². The highest BCUT2D eigenvalue weighted by Crippen LogP contribution is 2.31. The summed E-state index contributed by atoms with van der Waals surface area (Å²) in [7, 11) is 1.49. The number of anilines is 1. The maximum Gasteiger partial charge on any atom is 0.254 e. The van der Waals surface area contributed by atoms with Crippen molar-refractivity contribution >= 4 is 23.2 Å². The summed E-state index contributed by atoms with van der Waals surface area (Å²) < 4.78 is 6.60. The minimum absolute atomic E-state index is 0.200. The molecule has 3 aromatic rings. The number of nitrogens with zero attached hydrogens (tertiary/aromatic N) is 3. The van der Waals surface area contributed by atoms with Gasteiger partial charge in [-0.05, 0) is 37.6 Å². The van der Waals surface area contributed by atoms with E-state index in [0.717, 1.165) is 5.56 Å². The Balaban J connectivity index is 1.94. The standard InChI is InChI=1S/C20H19ClN4O3/c1-12-8-16(17(28-3)10-15(12)21)24-18(26)11-25-19(27)9-13(2)23-20(25)14-4-6-22-7-5-14/h4-10H,11H2,1-3H3,(H,24,26). The third-order valence-corrected chi connectivity index (χ3v) is 4.54. The fourth-order valence-corrected chi connectivity index (χ4v) is 2.91. The summed E-state index contributed by atoms with van der Waals surface area (Å²) in [6.07, 6.45) is 3.21. The number of carbonyl (C=O) groups excluding carboxylic acids is 1. The minimum atomic E-state index is -0.386. The van der Waals surface area contributed by atoms with Crippen molar-refractivity contribution in [1.29, 1.82) is 0 Å². The van der Waals surface area contributed by atoms with E-state index in [1.807, 2.05) is 6.92 Å². The Labute approximate surface area is 167 Å². The van der Waals surface area contributed by atoms with E-state index in [4.69, 9.17) is 16.3 Å².